The number of carbonyl (C=O) groups is 1. The number of anilines is 1. The van der Waals surface area contributed by atoms with Crippen molar-refractivity contribution in [2.75, 3.05) is 5.73 Å². The molecule has 0 saturated heterocycles. The van der Waals surface area contributed by atoms with Crippen LogP contribution >= 0.6 is 15.9 Å². The van der Waals surface area contributed by atoms with Gasteiger partial charge in [-0.25, -0.2) is 0 Å². The Morgan fingerprint density at radius 2 is 2.13 bits per heavy atom. The van der Waals surface area contributed by atoms with Crippen molar-refractivity contribution >= 4 is 39.1 Å². The van der Waals surface area contributed by atoms with Crippen LogP contribution in [-0.2, 0) is 0 Å². The van der Waals surface area contributed by atoms with Crippen LogP contribution in [0.4, 0.5) is 5.88 Å². The summed E-state index contributed by atoms with van der Waals surface area (Å²) in [6, 6.07) is 4.94. The molecule has 2 N–H and O–H groups in total. The maximum atomic E-state index is 11.7. The van der Waals surface area contributed by atoms with Gasteiger partial charge in [0.25, 0.3) is 0 Å². The first-order valence-corrected chi connectivity index (χ1v) is 4.90. The fourth-order valence-corrected chi connectivity index (χ4v) is 1.67. The molecule has 2 rings (SSSR count). The van der Waals surface area contributed by atoms with Crippen molar-refractivity contribution in [3.05, 3.63) is 38.5 Å². The second-order valence-electron chi connectivity index (χ2n) is 2.97. The Morgan fingerprint density at radius 3 is 2.80 bits per heavy atom. The SMILES string of the molecule is Nc1oc2ccc(Br)cc2c(=O)c1C=O. The molecule has 0 amide bonds. The van der Waals surface area contributed by atoms with Gasteiger partial charge >= 0.3 is 0 Å². The molecule has 0 aliphatic heterocycles. The van der Waals surface area contributed by atoms with Gasteiger partial charge in [0.05, 0.1) is 5.39 Å². The molecule has 0 aliphatic rings. The van der Waals surface area contributed by atoms with Crippen molar-refractivity contribution < 1.29 is 9.21 Å². The van der Waals surface area contributed by atoms with Crippen LogP contribution in [0.1, 0.15) is 10.4 Å². The van der Waals surface area contributed by atoms with Gasteiger partial charge in [-0.3, -0.25) is 9.59 Å². The molecule has 2 aromatic rings. The number of benzene rings is 1. The van der Waals surface area contributed by atoms with Gasteiger partial charge in [-0.1, -0.05) is 15.9 Å². The predicted molar refractivity (Wildman–Crippen MR) is 60.0 cm³/mol. The Bertz CT molecular complexity index is 603. The molecule has 0 unspecified atom stereocenters. The highest BCUT2D eigenvalue weighted by molar-refractivity contribution is 9.10. The zero-order valence-corrected chi connectivity index (χ0v) is 9.08. The number of carbonyl (C=O) groups excluding carboxylic acids is 1. The minimum atomic E-state index is -0.412. The predicted octanol–water partition coefficient (Wildman–Crippen LogP) is 1.95. The molecule has 0 aliphatic carbocycles. The first-order chi connectivity index (χ1) is 7.13. The van der Waals surface area contributed by atoms with Crippen LogP contribution in [0.3, 0.4) is 0 Å². The maximum Gasteiger partial charge on any atom is 0.205 e. The third-order valence-corrected chi connectivity index (χ3v) is 2.53. The fraction of sp³-hybridized carbons (Fsp3) is 0. The van der Waals surface area contributed by atoms with Gasteiger partial charge < -0.3 is 10.2 Å². The van der Waals surface area contributed by atoms with Crippen molar-refractivity contribution in [3.8, 4) is 0 Å². The van der Waals surface area contributed by atoms with Gasteiger partial charge in [-0.05, 0) is 18.2 Å². The highest BCUT2D eigenvalue weighted by atomic mass is 79.9. The summed E-state index contributed by atoms with van der Waals surface area (Å²) in [6.07, 6.45) is 0.404. The Morgan fingerprint density at radius 1 is 1.40 bits per heavy atom. The van der Waals surface area contributed by atoms with Crippen molar-refractivity contribution in [2.24, 2.45) is 0 Å². The zero-order chi connectivity index (χ0) is 11.0. The minimum absolute atomic E-state index is 0.138. The largest absolute Gasteiger partial charge is 0.440 e. The standard InChI is InChI=1S/C10H6BrNO3/c11-5-1-2-8-6(3-5)9(14)7(4-13)10(12)15-8/h1-4H,12H2. The van der Waals surface area contributed by atoms with Crippen LogP contribution in [0.15, 0.2) is 31.9 Å². The molecule has 0 fully saturated rings. The third kappa shape index (κ3) is 1.55. The molecular formula is C10H6BrNO3. The van der Waals surface area contributed by atoms with Gasteiger partial charge in [0, 0.05) is 4.47 Å². The molecule has 76 valence electrons. The van der Waals surface area contributed by atoms with Crippen molar-refractivity contribution in [3.63, 3.8) is 0 Å². The van der Waals surface area contributed by atoms with E-state index in [0.717, 1.165) is 4.47 Å². The van der Waals surface area contributed by atoms with Gasteiger partial charge in [-0.15, -0.1) is 0 Å². The second kappa shape index (κ2) is 3.51. The van der Waals surface area contributed by atoms with E-state index in [9.17, 15) is 9.59 Å². The first kappa shape index (κ1) is 9.92. The van der Waals surface area contributed by atoms with Gasteiger partial charge in [0.1, 0.15) is 11.1 Å². The normalized spacial score (nSPS) is 10.5. The number of nitrogens with two attached hydrogens (primary N) is 1. The zero-order valence-electron chi connectivity index (χ0n) is 7.49. The Labute approximate surface area is 92.8 Å². The van der Waals surface area contributed by atoms with Crippen LogP contribution in [-0.4, -0.2) is 6.29 Å². The number of aldehydes is 1. The quantitative estimate of drug-likeness (QED) is 0.802. The van der Waals surface area contributed by atoms with Crippen LogP contribution < -0.4 is 11.2 Å². The van der Waals surface area contributed by atoms with Crippen molar-refractivity contribution in [1.82, 2.24) is 0 Å². The summed E-state index contributed by atoms with van der Waals surface area (Å²) < 4.78 is 5.88. The van der Waals surface area contributed by atoms with E-state index in [1.807, 2.05) is 0 Å². The van der Waals surface area contributed by atoms with E-state index in [2.05, 4.69) is 15.9 Å². The summed E-state index contributed by atoms with van der Waals surface area (Å²) in [5.41, 5.74) is 5.24. The molecule has 0 radical (unpaired) electrons. The molecule has 0 spiro atoms. The van der Waals surface area contributed by atoms with E-state index in [0.29, 0.717) is 17.3 Å². The lowest BCUT2D eigenvalue weighted by atomic mass is 10.2. The Kier molecular flexibility index (Phi) is 2.32. The fourth-order valence-electron chi connectivity index (χ4n) is 1.31. The average Bonchev–Trinajstić information content (AvgIpc) is 2.20. The smallest absolute Gasteiger partial charge is 0.205 e. The molecule has 1 aromatic heterocycles. The number of nitrogen functional groups attached to an aromatic ring is 1. The Hall–Kier alpha value is -1.62. The molecule has 0 bridgehead atoms. The summed E-state index contributed by atoms with van der Waals surface area (Å²) in [7, 11) is 0. The molecule has 0 atom stereocenters. The van der Waals surface area contributed by atoms with Gasteiger partial charge in [0.2, 0.25) is 11.3 Å². The van der Waals surface area contributed by atoms with Gasteiger partial charge in [0.15, 0.2) is 6.29 Å². The number of hydrogen-bond acceptors (Lipinski definition) is 4. The summed E-state index contributed by atoms with van der Waals surface area (Å²) in [6.45, 7) is 0. The Balaban J connectivity index is 2.99. The molecule has 5 heteroatoms. The molecule has 15 heavy (non-hydrogen) atoms. The van der Waals surface area contributed by atoms with E-state index < -0.39 is 5.43 Å². The van der Waals surface area contributed by atoms with Crippen molar-refractivity contribution in [1.29, 1.82) is 0 Å². The van der Waals surface area contributed by atoms with E-state index in [4.69, 9.17) is 10.2 Å². The summed E-state index contributed by atoms with van der Waals surface area (Å²) in [5.74, 6) is -0.148. The van der Waals surface area contributed by atoms with Gasteiger partial charge in [-0.2, -0.15) is 0 Å². The lowest BCUT2D eigenvalue weighted by Gasteiger charge is -2.01. The highest BCUT2D eigenvalue weighted by Crippen LogP contribution is 2.20. The molecule has 0 saturated carbocycles. The molecule has 1 aromatic carbocycles. The number of rotatable bonds is 1. The van der Waals surface area contributed by atoms with Crippen LogP contribution in [0, 0.1) is 0 Å². The van der Waals surface area contributed by atoms with E-state index in [1.54, 1.807) is 18.2 Å². The second-order valence-corrected chi connectivity index (χ2v) is 3.88. The number of hydrogen-bond donors (Lipinski definition) is 1. The lowest BCUT2D eigenvalue weighted by molar-refractivity contribution is 0.112. The van der Waals surface area contributed by atoms with Crippen LogP contribution in [0.25, 0.3) is 11.0 Å². The third-order valence-electron chi connectivity index (χ3n) is 2.03. The summed E-state index contributed by atoms with van der Waals surface area (Å²) in [5, 5.41) is 0.334. The monoisotopic (exact) mass is 267 g/mol. The molecule has 4 nitrogen and oxygen atoms in total. The first-order valence-electron chi connectivity index (χ1n) is 4.10. The molecular weight excluding hydrogens is 262 g/mol. The van der Waals surface area contributed by atoms with Crippen LogP contribution in [0.2, 0.25) is 0 Å². The summed E-state index contributed by atoms with van der Waals surface area (Å²) >= 11 is 3.23. The number of halogens is 1. The summed E-state index contributed by atoms with van der Waals surface area (Å²) in [4.78, 5) is 22.4. The van der Waals surface area contributed by atoms with Crippen molar-refractivity contribution in [2.45, 2.75) is 0 Å². The maximum absolute atomic E-state index is 11.7. The van der Waals surface area contributed by atoms with Crippen LogP contribution in [0.5, 0.6) is 0 Å². The minimum Gasteiger partial charge on any atom is -0.440 e. The van der Waals surface area contributed by atoms with E-state index >= 15 is 0 Å². The highest BCUT2D eigenvalue weighted by Gasteiger charge is 2.11. The average molecular weight is 268 g/mol. The lowest BCUT2D eigenvalue weighted by Crippen LogP contribution is -2.11. The number of fused-ring (bicyclic) bond motifs is 1. The molecule has 1 heterocycles. The topological polar surface area (TPSA) is 73.3 Å². The van der Waals surface area contributed by atoms with E-state index in [1.165, 1.54) is 0 Å². The van der Waals surface area contributed by atoms with E-state index in [-0.39, 0.29) is 11.4 Å².